The van der Waals surface area contributed by atoms with E-state index in [-0.39, 0.29) is 11.3 Å². The van der Waals surface area contributed by atoms with E-state index in [0.29, 0.717) is 24.3 Å². The smallest absolute Gasteiger partial charge is 0.228 e. The molecular formula is C13H9F3O2. The fourth-order valence-electron chi connectivity index (χ4n) is 1.52. The van der Waals surface area contributed by atoms with Gasteiger partial charge in [0.1, 0.15) is 5.76 Å². The lowest BCUT2D eigenvalue weighted by molar-refractivity contribution is 0.101. The number of ketones is 1. The Morgan fingerprint density at radius 3 is 2.28 bits per heavy atom. The van der Waals surface area contributed by atoms with Crippen LogP contribution in [0, 0.1) is 17.5 Å². The van der Waals surface area contributed by atoms with Gasteiger partial charge >= 0.3 is 0 Å². The van der Waals surface area contributed by atoms with Gasteiger partial charge in [0.2, 0.25) is 5.78 Å². The number of carbonyl (C=O) groups excluding carboxylic acids is 1. The molecule has 1 aromatic heterocycles. The predicted molar refractivity (Wildman–Crippen MR) is 57.8 cm³/mol. The Kier molecular flexibility index (Phi) is 3.23. The molecule has 1 heterocycles. The third-order valence-electron chi connectivity index (χ3n) is 2.48. The Balaban J connectivity index is 2.40. The second-order valence-electron chi connectivity index (χ2n) is 3.70. The van der Waals surface area contributed by atoms with Crippen LogP contribution in [0.4, 0.5) is 13.2 Å². The van der Waals surface area contributed by atoms with Crippen LogP contribution in [0.1, 0.15) is 28.8 Å². The molecule has 0 bridgehead atoms. The Morgan fingerprint density at radius 2 is 1.78 bits per heavy atom. The molecule has 0 aliphatic rings. The number of benzene rings is 1. The zero-order valence-electron chi connectivity index (χ0n) is 9.47. The van der Waals surface area contributed by atoms with E-state index in [1.165, 1.54) is 6.07 Å². The molecule has 0 radical (unpaired) electrons. The quantitative estimate of drug-likeness (QED) is 0.620. The van der Waals surface area contributed by atoms with Crippen LogP contribution in [-0.2, 0) is 6.42 Å². The molecule has 2 rings (SSSR count). The number of hydrogen-bond donors (Lipinski definition) is 0. The van der Waals surface area contributed by atoms with Crippen LogP contribution in [0.3, 0.4) is 0 Å². The number of carbonyl (C=O) groups is 1. The first-order valence-electron chi connectivity index (χ1n) is 5.31. The summed E-state index contributed by atoms with van der Waals surface area (Å²) in [7, 11) is 0. The van der Waals surface area contributed by atoms with Crippen LogP contribution in [0.25, 0.3) is 0 Å². The maximum atomic E-state index is 13.0. The van der Waals surface area contributed by atoms with Gasteiger partial charge in [-0.3, -0.25) is 4.79 Å². The van der Waals surface area contributed by atoms with Crippen molar-refractivity contribution in [3.05, 3.63) is 58.8 Å². The maximum Gasteiger partial charge on any atom is 0.228 e. The highest BCUT2D eigenvalue weighted by Crippen LogP contribution is 2.18. The molecule has 2 nitrogen and oxygen atoms in total. The van der Waals surface area contributed by atoms with Gasteiger partial charge in [-0.15, -0.1) is 0 Å². The molecule has 94 valence electrons. The fourth-order valence-corrected chi connectivity index (χ4v) is 1.52. The van der Waals surface area contributed by atoms with Crippen LogP contribution in [-0.4, -0.2) is 5.78 Å². The average molecular weight is 254 g/mol. The van der Waals surface area contributed by atoms with E-state index in [9.17, 15) is 18.0 Å². The van der Waals surface area contributed by atoms with E-state index in [1.807, 2.05) is 6.92 Å². The summed E-state index contributed by atoms with van der Waals surface area (Å²) in [6.45, 7) is 1.84. The van der Waals surface area contributed by atoms with Crippen molar-refractivity contribution in [2.75, 3.05) is 0 Å². The van der Waals surface area contributed by atoms with Crippen molar-refractivity contribution in [3.8, 4) is 0 Å². The molecule has 0 aliphatic heterocycles. The molecule has 1 aromatic carbocycles. The van der Waals surface area contributed by atoms with E-state index < -0.39 is 23.2 Å². The van der Waals surface area contributed by atoms with E-state index >= 15 is 0 Å². The van der Waals surface area contributed by atoms with Crippen molar-refractivity contribution in [2.24, 2.45) is 0 Å². The van der Waals surface area contributed by atoms with Crippen molar-refractivity contribution in [1.29, 1.82) is 0 Å². The van der Waals surface area contributed by atoms with Gasteiger partial charge in [0.25, 0.3) is 0 Å². The molecule has 2 aromatic rings. The van der Waals surface area contributed by atoms with Crippen LogP contribution < -0.4 is 0 Å². The Bertz CT molecular complexity index is 579. The van der Waals surface area contributed by atoms with E-state index in [1.54, 1.807) is 6.07 Å². The summed E-state index contributed by atoms with van der Waals surface area (Å²) in [5.41, 5.74) is -0.289. The Labute approximate surface area is 101 Å². The van der Waals surface area contributed by atoms with Gasteiger partial charge in [-0.25, -0.2) is 13.2 Å². The third-order valence-corrected chi connectivity index (χ3v) is 2.48. The van der Waals surface area contributed by atoms with Crippen molar-refractivity contribution in [2.45, 2.75) is 13.3 Å². The molecule has 0 N–H and O–H groups in total. The molecule has 0 spiro atoms. The zero-order valence-corrected chi connectivity index (χ0v) is 9.47. The van der Waals surface area contributed by atoms with Gasteiger partial charge in [-0.2, -0.15) is 0 Å². The fraction of sp³-hybridized carbons (Fsp3) is 0.154. The third kappa shape index (κ3) is 2.16. The normalized spacial score (nSPS) is 10.7. The first-order chi connectivity index (χ1) is 8.52. The highest BCUT2D eigenvalue weighted by atomic mass is 19.2. The van der Waals surface area contributed by atoms with Gasteiger partial charge < -0.3 is 4.42 Å². The maximum absolute atomic E-state index is 13.0. The summed E-state index contributed by atoms with van der Waals surface area (Å²) in [6, 6.07) is 4.31. The molecule has 5 heteroatoms. The highest BCUT2D eigenvalue weighted by molar-refractivity contribution is 6.07. The molecule has 0 fully saturated rings. The summed E-state index contributed by atoms with van der Waals surface area (Å²) in [5.74, 6) is -4.53. The van der Waals surface area contributed by atoms with Crippen molar-refractivity contribution < 1.29 is 22.4 Å². The van der Waals surface area contributed by atoms with Crippen molar-refractivity contribution in [3.63, 3.8) is 0 Å². The Hall–Kier alpha value is -2.04. The summed E-state index contributed by atoms with van der Waals surface area (Å²) in [5, 5.41) is 0. The zero-order chi connectivity index (χ0) is 13.3. The van der Waals surface area contributed by atoms with Gasteiger partial charge in [-0.1, -0.05) is 6.92 Å². The summed E-state index contributed by atoms with van der Waals surface area (Å²) in [4.78, 5) is 11.8. The van der Waals surface area contributed by atoms with Crippen molar-refractivity contribution >= 4 is 5.78 Å². The minimum Gasteiger partial charge on any atom is -0.458 e. The molecule has 0 atom stereocenters. The summed E-state index contributed by atoms with van der Waals surface area (Å²) < 4.78 is 43.9. The lowest BCUT2D eigenvalue weighted by Gasteiger charge is -2.00. The molecule has 0 saturated heterocycles. The first kappa shape index (κ1) is 12.4. The standard InChI is InChI=1S/C13H9F3O2/c1-2-8-3-4-11(18-8)13(17)7-5-9(14)12(16)10(15)6-7/h3-6H,2H2,1H3. The lowest BCUT2D eigenvalue weighted by atomic mass is 10.1. The minimum absolute atomic E-state index is 0.0303. The van der Waals surface area contributed by atoms with E-state index in [0.717, 1.165) is 0 Å². The van der Waals surface area contributed by atoms with Gasteiger partial charge in [-0.05, 0) is 24.3 Å². The molecule has 18 heavy (non-hydrogen) atoms. The number of hydrogen-bond acceptors (Lipinski definition) is 2. The molecule has 0 amide bonds. The number of furan rings is 1. The van der Waals surface area contributed by atoms with Crippen molar-refractivity contribution in [1.82, 2.24) is 0 Å². The topological polar surface area (TPSA) is 30.2 Å². The minimum atomic E-state index is -1.60. The number of halogens is 3. The second kappa shape index (κ2) is 4.68. The first-order valence-corrected chi connectivity index (χ1v) is 5.31. The number of aryl methyl sites for hydroxylation is 1. The van der Waals surface area contributed by atoms with Gasteiger partial charge in [0.05, 0.1) is 0 Å². The van der Waals surface area contributed by atoms with Gasteiger partial charge in [0.15, 0.2) is 23.2 Å². The van der Waals surface area contributed by atoms with Gasteiger partial charge in [0, 0.05) is 12.0 Å². The Morgan fingerprint density at radius 1 is 1.17 bits per heavy atom. The second-order valence-corrected chi connectivity index (χ2v) is 3.70. The lowest BCUT2D eigenvalue weighted by Crippen LogP contribution is -2.03. The monoisotopic (exact) mass is 254 g/mol. The average Bonchev–Trinajstić information content (AvgIpc) is 2.83. The van der Waals surface area contributed by atoms with Crippen LogP contribution in [0.15, 0.2) is 28.7 Å². The van der Waals surface area contributed by atoms with Crippen LogP contribution in [0.5, 0.6) is 0 Å². The largest absolute Gasteiger partial charge is 0.458 e. The van der Waals surface area contributed by atoms with Crippen LogP contribution >= 0.6 is 0 Å². The number of rotatable bonds is 3. The predicted octanol–water partition coefficient (Wildman–Crippen LogP) is 3.49. The van der Waals surface area contributed by atoms with E-state index in [4.69, 9.17) is 4.42 Å². The molecule has 0 unspecified atom stereocenters. The molecule has 0 aliphatic carbocycles. The molecule has 0 saturated carbocycles. The highest BCUT2D eigenvalue weighted by Gasteiger charge is 2.18. The summed E-state index contributed by atoms with van der Waals surface area (Å²) in [6.07, 6.45) is 0.597. The molecular weight excluding hydrogens is 245 g/mol. The summed E-state index contributed by atoms with van der Waals surface area (Å²) >= 11 is 0. The SMILES string of the molecule is CCc1ccc(C(=O)c2cc(F)c(F)c(F)c2)o1. The van der Waals surface area contributed by atoms with E-state index in [2.05, 4.69) is 0 Å². The van der Waals surface area contributed by atoms with Crippen LogP contribution in [0.2, 0.25) is 0 Å².